The molecular formula is C20H20N4O3. The van der Waals surface area contributed by atoms with Gasteiger partial charge in [0.15, 0.2) is 0 Å². The van der Waals surface area contributed by atoms with Crippen molar-refractivity contribution in [2.24, 2.45) is 0 Å². The van der Waals surface area contributed by atoms with Gasteiger partial charge in [-0.15, -0.1) is 0 Å². The van der Waals surface area contributed by atoms with E-state index >= 15 is 0 Å². The summed E-state index contributed by atoms with van der Waals surface area (Å²) in [6.07, 6.45) is 1.70. The fourth-order valence-corrected chi connectivity index (χ4v) is 3.10. The van der Waals surface area contributed by atoms with Crippen LogP contribution in [0.25, 0.3) is 0 Å². The topological polar surface area (TPSA) is 69.5 Å². The first-order valence-electron chi connectivity index (χ1n) is 8.76. The zero-order valence-corrected chi connectivity index (χ0v) is 15.0. The standard InChI is InChI=1S/C20H20N4O3/c1-26-19-8-5-9-21-17(19)13-23-10-11-24-18(20(23)25)12-15(22-24)14-27-16-6-3-2-4-7-16/h2-9,12H,10-11,13-14H2,1H3. The second kappa shape index (κ2) is 7.49. The Morgan fingerprint density at radius 1 is 1.11 bits per heavy atom. The molecule has 138 valence electrons. The number of ether oxygens (including phenoxy) is 2. The molecule has 0 spiro atoms. The quantitative estimate of drug-likeness (QED) is 0.672. The molecule has 7 nitrogen and oxygen atoms in total. The highest BCUT2D eigenvalue weighted by Crippen LogP contribution is 2.21. The molecule has 3 aromatic rings. The van der Waals surface area contributed by atoms with Crippen molar-refractivity contribution < 1.29 is 14.3 Å². The number of carbonyl (C=O) groups is 1. The first-order valence-corrected chi connectivity index (χ1v) is 8.76. The van der Waals surface area contributed by atoms with Gasteiger partial charge in [-0.1, -0.05) is 18.2 Å². The van der Waals surface area contributed by atoms with Crippen LogP contribution in [0.15, 0.2) is 54.7 Å². The zero-order valence-electron chi connectivity index (χ0n) is 15.0. The average Bonchev–Trinajstić information content (AvgIpc) is 3.14. The van der Waals surface area contributed by atoms with Gasteiger partial charge >= 0.3 is 0 Å². The maximum atomic E-state index is 12.9. The number of hydrogen-bond donors (Lipinski definition) is 0. The van der Waals surface area contributed by atoms with Gasteiger partial charge in [-0.2, -0.15) is 5.10 Å². The van der Waals surface area contributed by atoms with Crippen LogP contribution in [0.4, 0.5) is 0 Å². The van der Waals surface area contributed by atoms with E-state index in [1.165, 1.54) is 0 Å². The molecule has 0 atom stereocenters. The van der Waals surface area contributed by atoms with Gasteiger partial charge in [-0.3, -0.25) is 14.5 Å². The summed E-state index contributed by atoms with van der Waals surface area (Å²) in [7, 11) is 1.60. The van der Waals surface area contributed by atoms with Crippen molar-refractivity contribution in [3.05, 3.63) is 71.8 Å². The molecule has 2 aromatic heterocycles. The van der Waals surface area contributed by atoms with Crippen LogP contribution in [-0.4, -0.2) is 39.2 Å². The van der Waals surface area contributed by atoms with Gasteiger partial charge in [0, 0.05) is 12.7 Å². The van der Waals surface area contributed by atoms with Crippen molar-refractivity contribution in [2.75, 3.05) is 13.7 Å². The van der Waals surface area contributed by atoms with Crippen molar-refractivity contribution in [2.45, 2.75) is 19.7 Å². The van der Waals surface area contributed by atoms with E-state index in [4.69, 9.17) is 9.47 Å². The van der Waals surface area contributed by atoms with Crippen LogP contribution in [0.2, 0.25) is 0 Å². The maximum absolute atomic E-state index is 12.9. The number of methoxy groups -OCH3 is 1. The minimum Gasteiger partial charge on any atom is -0.495 e. The molecule has 0 unspecified atom stereocenters. The molecule has 1 aromatic carbocycles. The smallest absolute Gasteiger partial charge is 0.272 e. The third kappa shape index (κ3) is 3.62. The maximum Gasteiger partial charge on any atom is 0.272 e. The van der Waals surface area contributed by atoms with Crippen molar-refractivity contribution in [1.82, 2.24) is 19.7 Å². The fraction of sp³-hybridized carbons (Fsp3) is 0.250. The molecule has 0 aliphatic carbocycles. The highest BCUT2D eigenvalue weighted by Gasteiger charge is 2.27. The molecule has 1 amide bonds. The van der Waals surface area contributed by atoms with Gasteiger partial charge in [-0.25, -0.2) is 0 Å². The van der Waals surface area contributed by atoms with Crippen LogP contribution in [0.1, 0.15) is 21.9 Å². The van der Waals surface area contributed by atoms with Crippen LogP contribution in [0, 0.1) is 0 Å². The number of aromatic nitrogens is 3. The van der Waals surface area contributed by atoms with E-state index in [0.717, 1.165) is 17.1 Å². The van der Waals surface area contributed by atoms with E-state index in [2.05, 4.69) is 10.1 Å². The number of pyridine rings is 1. The van der Waals surface area contributed by atoms with E-state index < -0.39 is 0 Å². The molecule has 0 saturated carbocycles. The van der Waals surface area contributed by atoms with E-state index in [1.54, 1.807) is 29.0 Å². The SMILES string of the molecule is COc1cccnc1CN1CCn2nc(COc3ccccc3)cc2C1=O. The van der Waals surface area contributed by atoms with Crippen LogP contribution in [-0.2, 0) is 19.7 Å². The minimum absolute atomic E-state index is 0.0626. The number of carbonyl (C=O) groups excluding carboxylic acids is 1. The zero-order chi connectivity index (χ0) is 18.6. The van der Waals surface area contributed by atoms with Crippen molar-refractivity contribution >= 4 is 5.91 Å². The second-order valence-electron chi connectivity index (χ2n) is 6.22. The number of para-hydroxylation sites is 1. The summed E-state index contributed by atoms with van der Waals surface area (Å²) < 4.78 is 12.8. The highest BCUT2D eigenvalue weighted by molar-refractivity contribution is 5.93. The Bertz CT molecular complexity index is 939. The Hall–Kier alpha value is -3.35. The monoisotopic (exact) mass is 364 g/mol. The molecule has 0 saturated heterocycles. The number of rotatable bonds is 6. The largest absolute Gasteiger partial charge is 0.495 e. The Morgan fingerprint density at radius 2 is 1.96 bits per heavy atom. The molecule has 3 heterocycles. The normalized spacial score (nSPS) is 13.4. The Morgan fingerprint density at radius 3 is 2.78 bits per heavy atom. The lowest BCUT2D eigenvalue weighted by Gasteiger charge is -2.27. The van der Waals surface area contributed by atoms with Crippen molar-refractivity contribution in [1.29, 1.82) is 0 Å². The first-order chi connectivity index (χ1) is 13.2. The predicted molar refractivity (Wildman–Crippen MR) is 98.5 cm³/mol. The van der Waals surface area contributed by atoms with E-state index in [0.29, 0.717) is 37.7 Å². The summed E-state index contributed by atoms with van der Waals surface area (Å²) in [6, 6.07) is 15.0. The van der Waals surface area contributed by atoms with Gasteiger partial charge < -0.3 is 14.4 Å². The molecule has 1 aliphatic heterocycles. The summed E-state index contributed by atoms with van der Waals surface area (Å²) in [6.45, 7) is 1.95. The van der Waals surface area contributed by atoms with Crippen molar-refractivity contribution in [3.63, 3.8) is 0 Å². The number of fused-ring (bicyclic) bond motifs is 1. The summed E-state index contributed by atoms with van der Waals surface area (Å²) >= 11 is 0. The lowest BCUT2D eigenvalue weighted by molar-refractivity contribution is 0.0680. The number of amides is 1. The van der Waals surface area contributed by atoms with Gasteiger partial charge in [-0.05, 0) is 30.3 Å². The Balaban J connectivity index is 1.47. The minimum atomic E-state index is -0.0626. The molecule has 0 N–H and O–H groups in total. The Kier molecular flexibility index (Phi) is 4.74. The summed E-state index contributed by atoms with van der Waals surface area (Å²) in [5.74, 6) is 1.40. The van der Waals surface area contributed by atoms with Crippen LogP contribution in [0.5, 0.6) is 11.5 Å². The molecule has 1 aliphatic rings. The predicted octanol–water partition coefficient (Wildman–Crippen LogP) is 2.52. The van der Waals surface area contributed by atoms with E-state index in [9.17, 15) is 4.79 Å². The molecule has 0 fully saturated rings. The molecule has 0 radical (unpaired) electrons. The summed E-state index contributed by atoms with van der Waals surface area (Å²) in [5.41, 5.74) is 2.05. The molecule has 7 heteroatoms. The summed E-state index contributed by atoms with van der Waals surface area (Å²) in [4.78, 5) is 19.0. The fourth-order valence-electron chi connectivity index (χ4n) is 3.10. The molecular weight excluding hydrogens is 344 g/mol. The summed E-state index contributed by atoms with van der Waals surface area (Å²) in [5, 5.41) is 4.50. The third-order valence-electron chi connectivity index (χ3n) is 4.46. The van der Waals surface area contributed by atoms with Gasteiger partial charge in [0.05, 0.1) is 20.2 Å². The number of nitrogens with zero attached hydrogens (tertiary/aromatic N) is 4. The van der Waals surface area contributed by atoms with E-state index in [1.807, 2.05) is 42.5 Å². The average molecular weight is 364 g/mol. The Labute approximate surface area is 157 Å². The van der Waals surface area contributed by atoms with Gasteiger partial charge in [0.1, 0.15) is 35.2 Å². The van der Waals surface area contributed by atoms with Crippen LogP contribution >= 0.6 is 0 Å². The highest BCUT2D eigenvalue weighted by atomic mass is 16.5. The third-order valence-corrected chi connectivity index (χ3v) is 4.46. The molecule has 27 heavy (non-hydrogen) atoms. The van der Waals surface area contributed by atoms with Crippen LogP contribution < -0.4 is 9.47 Å². The van der Waals surface area contributed by atoms with Crippen LogP contribution in [0.3, 0.4) is 0 Å². The lowest BCUT2D eigenvalue weighted by atomic mass is 10.2. The van der Waals surface area contributed by atoms with Gasteiger partial charge in [0.2, 0.25) is 0 Å². The van der Waals surface area contributed by atoms with Crippen molar-refractivity contribution in [3.8, 4) is 11.5 Å². The second-order valence-corrected chi connectivity index (χ2v) is 6.22. The number of benzene rings is 1. The molecule has 0 bridgehead atoms. The van der Waals surface area contributed by atoms with E-state index in [-0.39, 0.29) is 5.91 Å². The molecule has 4 rings (SSSR count). The number of hydrogen-bond acceptors (Lipinski definition) is 5. The lowest BCUT2D eigenvalue weighted by Crippen LogP contribution is -2.40. The first kappa shape index (κ1) is 17.1. The van der Waals surface area contributed by atoms with Gasteiger partial charge in [0.25, 0.3) is 5.91 Å².